The van der Waals surface area contributed by atoms with Gasteiger partial charge in [0.05, 0.1) is 6.10 Å². The third-order valence-corrected chi connectivity index (χ3v) is 6.08. The molecule has 2 saturated carbocycles. The van der Waals surface area contributed by atoms with Crippen LogP contribution in [0, 0.1) is 29.6 Å². The van der Waals surface area contributed by atoms with Gasteiger partial charge in [-0.05, 0) is 42.4 Å². The Hall–Kier alpha value is -0.0400. The largest absolute Gasteiger partial charge is 0.393 e. The Labute approximate surface area is 133 Å². The van der Waals surface area contributed by atoms with Crippen LogP contribution in [0.2, 0.25) is 0 Å². The minimum absolute atomic E-state index is 0.00579. The normalized spacial score (nSPS) is 29.1. The summed E-state index contributed by atoms with van der Waals surface area (Å²) in [6.07, 6.45) is 12.3. The molecule has 0 aliphatic heterocycles. The van der Waals surface area contributed by atoms with E-state index >= 15 is 0 Å². The first kappa shape index (κ1) is 19.0. The number of aliphatic hydroxyl groups is 1. The summed E-state index contributed by atoms with van der Waals surface area (Å²) < 4.78 is 0. The average Bonchev–Trinajstić information content (AvgIpc) is 2.48. The van der Waals surface area contributed by atoms with Gasteiger partial charge in [0.2, 0.25) is 0 Å². The molecule has 0 aromatic heterocycles. The van der Waals surface area contributed by atoms with Crippen molar-refractivity contribution in [2.24, 2.45) is 29.6 Å². The third-order valence-electron chi connectivity index (χ3n) is 6.08. The molecule has 2 rings (SSSR count). The number of hydrogen-bond donors (Lipinski definition) is 1. The summed E-state index contributed by atoms with van der Waals surface area (Å²) in [6, 6.07) is 0. The molecule has 0 unspecified atom stereocenters. The predicted octanol–water partition coefficient (Wildman–Crippen LogP) is 6.05. The molecule has 0 aromatic carbocycles. The highest BCUT2D eigenvalue weighted by Crippen LogP contribution is 2.33. The van der Waals surface area contributed by atoms with E-state index in [0.29, 0.717) is 11.8 Å². The Morgan fingerprint density at radius 1 is 0.714 bits per heavy atom. The molecule has 126 valence electrons. The van der Waals surface area contributed by atoms with Crippen molar-refractivity contribution in [2.75, 3.05) is 0 Å². The fraction of sp³-hybridized carbons (Fsp3) is 1.00. The molecule has 2 aliphatic carbocycles. The first-order valence-corrected chi connectivity index (χ1v) is 9.61. The fourth-order valence-corrected chi connectivity index (χ4v) is 4.12. The summed E-state index contributed by atoms with van der Waals surface area (Å²) in [6.45, 7) is 11.6. The minimum atomic E-state index is -0.00579. The Bertz CT molecular complexity index is 253. The molecule has 0 bridgehead atoms. The number of aliphatic hydroxyl groups excluding tert-OH is 1. The van der Waals surface area contributed by atoms with Crippen molar-refractivity contribution in [3.05, 3.63) is 0 Å². The average molecular weight is 297 g/mol. The van der Waals surface area contributed by atoms with Crippen LogP contribution >= 0.6 is 0 Å². The van der Waals surface area contributed by atoms with Crippen LogP contribution in [-0.4, -0.2) is 11.2 Å². The molecule has 0 amide bonds. The molecule has 1 heteroatoms. The van der Waals surface area contributed by atoms with E-state index in [0.717, 1.165) is 24.2 Å². The molecule has 1 N–H and O–H groups in total. The van der Waals surface area contributed by atoms with Crippen molar-refractivity contribution in [1.29, 1.82) is 0 Å². The van der Waals surface area contributed by atoms with E-state index in [4.69, 9.17) is 0 Å². The summed E-state index contributed by atoms with van der Waals surface area (Å²) in [5, 5.41) is 9.54. The predicted molar refractivity (Wildman–Crippen MR) is 93.4 cm³/mol. The van der Waals surface area contributed by atoms with Crippen molar-refractivity contribution in [3.8, 4) is 0 Å². The fourth-order valence-electron chi connectivity index (χ4n) is 4.12. The van der Waals surface area contributed by atoms with E-state index < -0.39 is 0 Å². The second-order valence-corrected chi connectivity index (χ2v) is 8.26. The van der Waals surface area contributed by atoms with Crippen LogP contribution in [-0.2, 0) is 0 Å². The molecule has 0 radical (unpaired) electrons. The maximum Gasteiger partial charge on any atom is 0.0570 e. The molecular formula is C20H40O. The Morgan fingerprint density at radius 3 is 1.67 bits per heavy atom. The van der Waals surface area contributed by atoms with Gasteiger partial charge in [0, 0.05) is 0 Å². The molecule has 0 spiro atoms. The lowest BCUT2D eigenvalue weighted by atomic mass is 9.76. The zero-order valence-corrected chi connectivity index (χ0v) is 15.3. The Balaban J connectivity index is 0.000000211. The van der Waals surface area contributed by atoms with E-state index in [2.05, 4.69) is 34.6 Å². The summed E-state index contributed by atoms with van der Waals surface area (Å²) in [5.74, 6) is 4.13. The van der Waals surface area contributed by atoms with Crippen molar-refractivity contribution in [1.82, 2.24) is 0 Å². The quantitative estimate of drug-likeness (QED) is 0.672. The first-order valence-electron chi connectivity index (χ1n) is 9.61. The summed E-state index contributed by atoms with van der Waals surface area (Å²) in [7, 11) is 0. The molecule has 1 nitrogen and oxygen atoms in total. The SMILES string of the molecule is CC(C)[C@@H](C)C1CCCCC1.CC(C)[C@@H]1CCCC[C@H]1O. The van der Waals surface area contributed by atoms with Crippen LogP contribution in [0.4, 0.5) is 0 Å². The second-order valence-electron chi connectivity index (χ2n) is 8.26. The standard InChI is InChI=1S/C11H22.C9H18O/c1-9(2)10(3)11-7-5-4-6-8-11;1-7(2)8-5-3-4-6-9(8)10/h9-11H,4-8H2,1-3H3;7-10H,3-6H2,1-2H3/t10-;8-,9+/m10/s1. The first-order chi connectivity index (χ1) is 9.93. The molecule has 3 atom stereocenters. The topological polar surface area (TPSA) is 20.2 Å². The molecule has 2 aliphatic rings. The lowest BCUT2D eigenvalue weighted by Crippen LogP contribution is -2.28. The van der Waals surface area contributed by atoms with Crippen molar-refractivity contribution >= 4 is 0 Å². The van der Waals surface area contributed by atoms with Crippen molar-refractivity contribution in [2.45, 2.75) is 98.5 Å². The highest BCUT2D eigenvalue weighted by molar-refractivity contribution is 4.76. The minimum Gasteiger partial charge on any atom is -0.393 e. The van der Waals surface area contributed by atoms with Gasteiger partial charge in [-0.3, -0.25) is 0 Å². The molecule has 2 fully saturated rings. The van der Waals surface area contributed by atoms with E-state index in [1.165, 1.54) is 51.4 Å². The van der Waals surface area contributed by atoms with Gasteiger partial charge in [-0.25, -0.2) is 0 Å². The third kappa shape index (κ3) is 6.72. The van der Waals surface area contributed by atoms with E-state index in [-0.39, 0.29) is 6.10 Å². The maximum atomic E-state index is 9.54. The Kier molecular flexibility index (Phi) is 8.94. The van der Waals surface area contributed by atoms with Gasteiger partial charge in [0.1, 0.15) is 0 Å². The molecule has 21 heavy (non-hydrogen) atoms. The lowest BCUT2D eigenvalue weighted by Gasteiger charge is -2.30. The van der Waals surface area contributed by atoms with Gasteiger partial charge in [-0.2, -0.15) is 0 Å². The summed E-state index contributed by atoms with van der Waals surface area (Å²) >= 11 is 0. The van der Waals surface area contributed by atoms with Gasteiger partial charge in [0.15, 0.2) is 0 Å². The highest BCUT2D eigenvalue weighted by atomic mass is 16.3. The van der Waals surface area contributed by atoms with Crippen LogP contribution in [0.5, 0.6) is 0 Å². The number of rotatable bonds is 3. The number of hydrogen-bond acceptors (Lipinski definition) is 1. The van der Waals surface area contributed by atoms with Crippen molar-refractivity contribution in [3.63, 3.8) is 0 Å². The molecule has 0 heterocycles. The molecular weight excluding hydrogens is 256 g/mol. The van der Waals surface area contributed by atoms with Crippen LogP contribution in [0.3, 0.4) is 0 Å². The summed E-state index contributed by atoms with van der Waals surface area (Å²) in [5.41, 5.74) is 0. The van der Waals surface area contributed by atoms with Crippen LogP contribution < -0.4 is 0 Å². The zero-order chi connectivity index (χ0) is 15.8. The summed E-state index contributed by atoms with van der Waals surface area (Å²) in [4.78, 5) is 0. The van der Waals surface area contributed by atoms with Gasteiger partial charge >= 0.3 is 0 Å². The van der Waals surface area contributed by atoms with Gasteiger partial charge < -0.3 is 5.11 Å². The van der Waals surface area contributed by atoms with Crippen LogP contribution in [0.25, 0.3) is 0 Å². The lowest BCUT2D eigenvalue weighted by molar-refractivity contribution is 0.0456. The van der Waals surface area contributed by atoms with E-state index in [1.807, 2.05) is 0 Å². The molecule has 0 saturated heterocycles. The van der Waals surface area contributed by atoms with E-state index in [9.17, 15) is 5.11 Å². The smallest absolute Gasteiger partial charge is 0.0570 e. The Morgan fingerprint density at radius 2 is 1.24 bits per heavy atom. The van der Waals surface area contributed by atoms with Gasteiger partial charge in [0.25, 0.3) is 0 Å². The zero-order valence-electron chi connectivity index (χ0n) is 15.3. The maximum absolute atomic E-state index is 9.54. The second kappa shape index (κ2) is 9.87. The monoisotopic (exact) mass is 296 g/mol. The van der Waals surface area contributed by atoms with Crippen LogP contribution in [0.15, 0.2) is 0 Å². The van der Waals surface area contributed by atoms with Gasteiger partial charge in [-0.15, -0.1) is 0 Å². The van der Waals surface area contributed by atoms with E-state index in [1.54, 1.807) is 0 Å². The van der Waals surface area contributed by atoms with Crippen molar-refractivity contribution < 1.29 is 5.11 Å². The highest BCUT2D eigenvalue weighted by Gasteiger charge is 2.25. The van der Waals surface area contributed by atoms with Gasteiger partial charge in [-0.1, -0.05) is 79.6 Å². The molecule has 0 aromatic rings. The van der Waals surface area contributed by atoms with Crippen LogP contribution in [0.1, 0.15) is 92.4 Å².